The van der Waals surface area contributed by atoms with E-state index in [0.717, 1.165) is 32.1 Å². The summed E-state index contributed by atoms with van der Waals surface area (Å²) in [4.78, 5) is 14.4. The van der Waals surface area contributed by atoms with Gasteiger partial charge in [-0.1, -0.05) is 53.2 Å². The summed E-state index contributed by atoms with van der Waals surface area (Å²) < 4.78 is 11.5. The lowest BCUT2D eigenvalue weighted by Gasteiger charge is -2.71. The molecule has 6 aliphatic rings. The summed E-state index contributed by atoms with van der Waals surface area (Å²) >= 11 is 0. The Bertz CT molecular complexity index is 1220. The number of rotatable bonds is 4. The molecule has 10 nitrogen and oxygen atoms in total. The summed E-state index contributed by atoms with van der Waals surface area (Å²) in [5, 5.41) is 73.8. The van der Waals surface area contributed by atoms with Crippen molar-refractivity contribution in [3.8, 4) is 0 Å². The lowest BCUT2D eigenvalue weighted by molar-refractivity contribution is -0.297. The maximum absolute atomic E-state index is 14.4. The zero-order valence-corrected chi connectivity index (χ0v) is 28.4. The van der Waals surface area contributed by atoms with Crippen molar-refractivity contribution in [2.45, 2.75) is 136 Å². The number of hydrogen-bond donors (Lipinski definition) is 7. The molecule has 46 heavy (non-hydrogen) atoms. The fourth-order valence-corrected chi connectivity index (χ4v) is 12.4. The molecule has 0 unspecified atom stereocenters. The van der Waals surface area contributed by atoms with E-state index in [1.807, 2.05) is 6.92 Å². The summed E-state index contributed by atoms with van der Waals surface area (Å²) in [6.07, 6.45) is -1.11. The first-order valence-electron chi connectivity index (χ1n) is 17.7. The largest absolute Gasteiger partial charge is 0.432 e. The van der Waals surface area contributed by atoms with Crippen LogP contribution in [0.5, 0.6) is 0 Å². The smallest absolute Gasteiger partial charge is 0.315 e. The molecule has 0 aromatic carbocycles. The van der Waals surface area contributed by atoms with E-state index in [4.69, 9.17) is 9.47 Å². The van der Waals surface area contributed by atoms with Crippen LogP contribution < -0.4 is 0 Å². The van der Waals surface area contributed by atoms with Gasteiger partial charge in [-0.05, 0) is 97.2 Å². The maximum Gasteiger partial charge on any atom is 0.315 e. The summed E-state index contributed by atoms with van der Waals surface area (Å²) in [5.74, 6) is 0.265. The summed E-state index contributed by atoms with van der Waals surface area (Å²) in [6, 6.07) is 0. The van der Waals surface area contributed by atoms with Crippen LogP contribution in [-0.2, 0) is 14.3 Å². The molecule has 0 aromatic rings. The number of allylic oxidation sites excluding steroid dienone is 2. The topological polar surface area (TPSA) is 177 Å². The van der Waals surface area contributed by atoms with Gasteiger partial charge in [0.1, 0.15) is 24.4 Å². The van der Waals surface area contributed by atoms with E-state index in [0.29, 0.717) is 25.2 Å². The number of fused-ring (bicyclic) bond motifs is 7. The zero-order chi connectivity index (χ0) is 33.8. The highest BCUT2D eigenvalue weighted by Gasteiger charge is 2.71. The van der Waals surface area contributed by atoms with E-state index < -0.39 is 66.3 Å². The molecule has 262 valence electrons. The van der Waals surface area contributed by atoms with Gasteiger partial charge in [0.2, 0.25) is 6.29 Å². The van der Waals surface area contributed by atoms with Crippen molar-refractivity contribution in [1.82, 2.24) is 0 Å². The molecule has 4 saturated carbocycles. The van der Waals surface area contributed by atoms with Gasteiger partial charge in [-0.15, -0.1) is 0 Å². The van der Waals surface area contributed by atoms with Gasteiger partial charge in [-0.25, -0.2) is 0 Å². The number of ether oxygens (including phenoxy) is 2. The van der Waals surface area contributed by atoms with Crippen molar-refractivity contribution >= 4 is 5.97 Å². The number of aliphatic hydroxyl groups excluding tert-OH is 7. The minimum atomic E-state index is -1.65. The third kappa shape index (κ3) is 4.46. The van der Waals surface area contributed by atoms with Crippen LogP contribution in [0.25, 0.3) is 0 Å². The number of carbonyl (C=O) groups excluding carboxylic acids is 1. The molecule has 17 atom stereocenters. The van der Waals surface area contributed by atoms with Gasteiger partial charge < -0.3 is 45.2 Å². The average Bonchev–Trinajstić information content (AvgIpc) is 3.02. The number of hydrogen-bond acceptors (Lipinski definition) is 10. The predicted molar refractivity (Wildman–Crippen MR) is 168 cm³/mol. The zero-order valence-electron chi connectivity index (χ0n) is 28.4. The van der Waals surface area contributed by atoms with Gasteiger partial charge in [0.05, 0.1) is 30.8 Å². The van der Waals surface area contributed by atoms with E-state index in [2.05, 4.69) is 40.7 Å². The molecule has 7 N–H and O–H groups in total. The molecule has 6 rings (SSSR count). The van der Waals surface area contributed by atoms with Crippen molar-refractivity contribution in [3.05, 3.63) is 11.6 Å². The van der Waals surface area contributed by atoms with Crippen LogP contribution in [0.15, 0.2) is 11.6 Å². The Kier molecular flexibility index (Phi) is 8.66. The molecule has 0 spiro atoms. The third-order valence-electron chi connectivity index (χ3n) is 15.6. The minimum absolute atomic E-state index is 0.0600. The summed E-state index contributed by atoms with van der Waals surface area (Å²) in [6.45, 7) is 12.7. The van der Waals surface area contributed by atoms with Crippen molar-refractivity contribution in [2.24, 2.45) is 56.7 Å². The average molecular weight is 651 g/mol. The summed E-state index contributed by atoms with van der Waals surface area (Å²) in [5.41, 5.74) is -1.01. The van der Waals surface area contributed by atoms with E-state index in [1.54, 1.807) is 0 Å². The minimum Gasteiger partial charge on any atom is -0.432 e. The Balaban J connectivity index is 1.37. The number of carbonyl (C=O) groups is 1. The second kappa shape index (κ2) is 11.5. The highest BCUT2D eigenvalue weighted by Crippen LogP contribution is 2.75. The number of aliphatic hydroxyl groups is 7. The SMILES string of the molecule is C[C@@H]1[C@H]2C3=CC[C@@H]4[C@@]5(C)C[C@@H](O)[C@H](O)[C@@](C)(CO)[C@@H]5CC[C@@]4(C)[C@]3(C)CC[C@@]2(C(=O)O[C@@H]2O[C@H](CO)[C@@H](O)[C@H](O)[C@H]2O)CC[C@@H]1C. The quantitative estimate of drug-likeness (QED) is 0.177. The van der Waals surface area contributed by atoms with Crippen LogP contribution in [0.3, 0.4) is 0 Å². The molecule has 1 heterocycles. The van der Waals surface area contributed by atoms with Crippen molar-refractivity contribution in [3.63, 3.8) is 0 Å². The highest BCUT2D eigenvalue weighted by atomic mass is 16.7. The molecule has 5 aliphatic carbocycles. The van der Waals surface area contributed by atoms with E-state index >= 15 is 0 Å². The van der Waals surface area contributed by atoms with Gasteiger partial charge >= 0.3 is 5.97 Å². The molecule has 5 fully saturated rings. The fraction of sp³-hybridized carbons (Fsp3) is 0.917. The predicted octanol–water partition coefficient (Wildman–Crippen LogP) is 2.29. The standard InChI is InChI=1S/C36H58O10/c1-18-9-12-36(31(44)46-30-28(42)27(41)26(40)22(16-37)45-30)14-13-34(5)20(25(36)19(18)2)7-8-24-32(3)15-21(39)29(43)33(4,17-38)23(32)10-11-35(24,34)6/h7,18-19,21-30,37-43H,8-17H2,1-6H3/t18-,19-,21+,22+,23+,24+,25-,26+,27-,28+,29-,30-,32-,33-,34+,35+,36-/m0/s1. The highest BCUT2D eigenvalue weighted by molar-refractivity contribution is 5.79. The van der Waals surface area contributed by atoms with Gasteiger partial charge in [0, 0.05) is 5.41 Å². The fourth-order valence-electron chi connectivity index (χ4n) is 12.4. The van der Waals surface area contributed by atoms with Crippen LogP contribution in [0.2, 0.25) is 0 Å². The Hall–Kier alpha value is -1.11. The lowest BCUT2D eigenvalue weighted by atomic mass is 9.33. The first-order chi connectivity index (χ1) is 21.5. The second-order valence-electron chi connectivity index (χ2n) is 17.3. The van der Waals surface area contributed by atoms with Crippen LogP contribution in [0.1, 0.15) is 92.9 Å². The molecule has 10 heteroatoms. The van der Waals surface area contributed by atoms with Crippen LogP contribution in [-0.4, -0.2) is 97.8 Å². The van der Waals surface area contributed by atoms with Crippen molar-refractivity contribution < 1.29 is 50.0 Å². The first kappa shape index (κ1) is 34.7. The second-order valence-corrected chi connectivity index (χ2v) is 17.3. The molecular formula is C36H58O10. The van der Waals surface area contributed by atoms with Gasteiger partial charge in [0.25, 0.3) is 0 Å². The number of esters is 1. The monoisotopic (exact) mass is 650 g/mol. The lowest BCUT2D eigenvalue weighted by Crippen LogP contribution is -2.68. The molecule has 0 amide bonds. The molecule has 0 radical (unpaired) electrons. The van der Waals surface area contributed by atoms with Crippen LogP contribution in [0, 0.1) is 56.7 Å². The van der Waals surface area contributed by atoms with E-state index in [1.165, 1.54) is 5.57 Å². The van der Waals surface area contributed by atoms with Crippen molar-refractivity contribution in [2.75, 3.05) is 13.2 Å². The molecule has 1 saturated heterocycles. The Morgan fingerprint density at radius 1 is 0.913 bits per heavy atom. The molecular weight excluding hydrogens is 592 g/mol. The first-order valence-corrected chi connectivity index (χ1v) is 17.7. The maximum atomic E-state index is 14.4. The molecule has 0 bridgehead atoms. The normalized spacial score (nSPS) is 56.8. The third-order valence-corrected chi connectivity index (χ3v) is 15.6. The van der Waals surface area contributed by atoms with Crippen LogP contribution >= 0.6 is 0 Å². The van der Waals surface area contributed by atoms with Gasteiger partial charge in [-0.2, -0.15) is 0 Å². The Labute approximate surface area is 273 Å². The van der Waals surface area contributed by atoms with Crippen molar-refractivity contribution in [1.29, 1.82) is 0 Å². The van der Waals surface area contributed by atoms with Gasteiger partial charge in [-0.3, -0.25) is 4.79 Å². The molecule has 0 aromatic heterocycles. The van der Waals surface area contributed by atoms with E-state index in [9.17, 15) is 40.5 Å². The molecule has 1 aliphatic heterocycles. The summed E-state index contributed by atoms with van der Waals surface area (Å²) in [7, 11) is 0. The van der Waals surface area contributed by atoms with Crippen LogP contribution in [0.4, 0.5) is 0 Å². The Morgan fingerprint density at radius 2 is 1.61 bits per heavy atom. The Morgan fingerprint density at radius 3 is 2.26 bits per heavy atom. The van der Waals surface area contributed by atoms with E-state index in [-0.39, 0.29) is 46.5 Å². The van der Waals surface area contributed by atoms with Gasteiger partial charge in [0.15, 0.2) is 0 Å².